The molecule has 1 amide bonds. The van der Waals surface area contributed by atoms with Crippen LogP contribution in [0.3, 0.4) is 0 Å². The van der Waals surface area contributed by atoms with Gasteiger partial charge in [0, 0.05) is 16.7 Å². The fourth-order valence-corrected chi connectivity index (χ4v) is 4.92. The molecule has 212 valence electrons. The molecular weight excluding hydrogens is 545 g/mol. The van der Waals surface area contributed by atoms with Gasteiger partial charge >= 0.3 is 18.9 Å². The third kappa shape index (κ3) is 8.49. The summed E-state index contributed by atoms with van der Waals surface area (Å²) in [5, 5.41) is 14.2. The molecule has 4 rings (SSSR count). The van der Waals surface area contributed by atoms with E-state index in [0.29, 0.717) is 34.0 Å². The first-order valence-corrected chi connectivity index (χ1v) is 14.6. The Kier molecular flexibility index (Phi) is 12.3. The largest absolute Gasteiger partial charge is 1.00 e. The van der Waals surface area contributed by atoms with Crippen LogP contribution in [0, 0.1) is 6.92 Å². The van der Waals surface area contributed by atoms with Crippen LogP contribution in [0.5, 0.6) is 0 Å². The van der Waals surface area contributed by atoms with Crippen LogP contribution >= 0.6 is 11.8 Å². The first-order chi connectivity index (χ1) is 19.8. The number of aryl methyl sites for hydroxylation is 1. The van der Waals surface area contributed by atoms with E-state index in [1.54, 1.807) is 24.3 Å². The molecule has 42 heavy (non-hydrogen) atoms. The number of ether oxygens (including phenoxy) is 1. The third-order valence-electron chi connectivity index (χ3n) is 6.71. The van der Waals surface area contributed by atoms with Crippen LogP contribution < -0.4 is 29.3 Å². The molecule has 7 nitrogen and oxygen atoms in total. The zero-order chi connectivity index (χ0) is 29.4. The van der Waals surface area contributed by atoms with E-state index < -0.39 is 17.9 Å². The maximum absolute atomic E-state index is 13.2. The zero-order valence-electron chi connectivity index (χ0n) is 24.3. The number of Topliss-reactive ketones (excluding diaryl/α,β-unsaturated/α-hetero) is 1. The third-order valence-corrected chi connectivity index (χ3v) is 7.36. The van der Waals surface area contributed by atoms with Crippen molar-refractivity contribution in [2.45, 2.75) is 39.5 Å². The monoisotopic (exact) mass is 577 g/mol. The second-order valence-corrected chi connectivity index (χ2v) is 10.7. The molecule has 0 saturated heterocycles. The molecule has 0 aliphatic carbocycles. The Labute approximate surface area is 262 Å². The van der Waals surface area contributed by atoms with Crippen LogP contribution in [0.1, 0.15) is 50.9 Å². The number of furan rings is 1. The molecule has 9 heteroatoms. The molecule has 0 fully saturated rings. The van der Waals surface area contributed by atoms with Crippen molar-refractivity contribution in [2.75, 3.05) is 12.0 Å². The number of rotatable bonds is 13. The number of ketones is 1. The van der Waals surface area contributed by atoms with Gasteiger partial charge in [-0.05, 0) is 78.8 Å². The van der Waals surface area contributed by atoms with Crippen molar-refractivity contribution >= 4 is 29.4 Å². The van der Waals surface area contributed by atoms with Gasteiger partial charge in [-0.2, -0.15) is 11.8 Å². The molecule has 0 unspecified atom stereocenters. The van der Waals surface area contributed by atoms with Gasteiger partial charge in [0.05, 0.1) is 18.6 Å². The minimum Gasteiger partial charge on any atom is -0.548 e. The van der Waals surface area contributed by atoms with E-state index in [2.05, 4.69) is 5.32 Å². The average molecular weight is 578 g/mol. The SMILES string of the molecule is CSCC[C@H](NC(=O)c1ccc(COCc2ccc(-c3ccc(C(C)=O)cc3)o2)cc1-c1ccccc1C)C(=O)[O-].[Li+]. The van der Waals surface area contributed by atoms with Crippen molar-refractivity contribution in [3.05, 3.63) is 107 Å². The number of carboxylic acids is 1. The second kappa shape index (κ2) is 15.6. The van der Waals surface area contributed by atoms with Crippen molar-refractivity contribution in [3.8, 4) is 22.5 Å². The summed E-state index contributed by atoms with van der Waals surface area (Å²) >= 11 is 1.51. The molecule has 1 atom stereocenters. The van der Waals surface area contributed by atoms with Crippen LogP contribution in [0.15, 0.2) is 83.3 Å². The molecule has 0 radical (unpaired) electrons. The fraction of sp³-hybridized carbons (Fsp3) is 0.242. The normalized spacial score (nSPS) is 11.4. The Morgan fingerprint density at radius 3 is 2.36 bits per heavy atom. The van der Waals surface area contributed by atoms with Crippen molar-refractivity contribution in [1.82, 2.24) is 5.32 Å². The van der Waals surface area contributed by atoms with Gasteiger partial charge < -0.3 is 24.4 Å². The van der Waals surface area contributed by atoms with Crippen LogP contribution in [0.4, 0.5) is 0 Å². The quantitative estimate of drug-likeness (QED) is 0.192. The van der Waals surface area contributed by atoms with Crippen LogP contribution in [0.25, 0.3) is 22.5 Å². The van der Waals surface area contributed by atoms with Gasteiger partial charge in [0.1, 0.15) is 18.1 Å². The van der Waals surface area contributed by atoms with Gasteiger partial charge in [0.15, 0.2) is 5.78 Å². The minimum atomic E-state index is -1.30. The van der Waals surface area contributed by atoms with Gasteiger partial charge in [-0.25, -0.2) is 0 Å². The topological polar surface area (TPSA) is 109 Å². The van der Waals surface area contributed by atoms with E-state index in [-0.39, 0.29) is 44.3 Å². The smallest absolute Gasteiger partial charge is 0.548 e. The summed E-state index contributed by atoms with van der Waals surface area (Å²) in [5.41, 5.74) is 5.30. The molecule has 1 aromatic heterocycles. The predicted molar refractivity (Wildman–Crippen MR) is 159 cm³/mol. The molecule has 3 aromatic carbocycles. The second-order valence-electron chi connectivity index (χ2n) is 9.71. The summed E-state index contributed by atoms with van der Waals surface area (Å²) < 4.78 is 11.9. The predicted octanol–water partition coefficient (Wildman–Crippen LogP) is 2.45. The van der Waals surface area contributed by atoms with Crippen LogP contribution in [0.2, 0.25) is 0 Å². The average Bonchev–Trinajstić information content (AvgIpc) is 3.44. The summed E-state index contributed by atoms with van der Waals surface area (Å²) in [5.74, 6) is 0.169. The number of hydrogen-bond acceptors (Lipinski definition) is 7. The Morgan fingerprint density at radius 2 is 1.69 bits per heavy atom. The zero-order valence-corrected chi connectivity index (χ0v) is 25.1. The number of nitrogens with one attached hydrogen (secondary N) is 1. The van der Waals surface area contributed by atoms with E-state index in [0.717, 1.165) is 22.3 Å². The summed E-state index contributed by atoms with van der Waals surface area (Å²) in [6, 6.07) is 23.0. The van der Waals surface area contributed by atoms with Crippen molar-refractivity contribution < 1.29 is 47.5 Å². The van der Waals surface area contributed by atoms with Crippen LogP contribution in [-0.4, -0.2) is 35.7 Å². The Bertz CT molecular complexity index is 1530. The number of benzene rings is 3. The number of thioether (sulfide) groups is 1. The molecular formula is C33H32LiNO6S. The molecule has 0 aliphatic rings. The summed E-state index contributed by atoms with van der Waals surface area (Å²) in [4.78, 5) is 36.4. The van der Waals surface area contributed by atoms with Crippen LogP contribution in [-0.2, 0) is 22.7 Å². The molecule has 0 aliphatic heterocycles. The minimum absolute atomic E-state index is 0. The molecule has 0 saturated carbocycles. The van der Waals surface area contributed by atoms with E-state index in [1.807, 2.05) is 67.8 Å². The number of aliphatic carboxylic acids is 1. The molecule has 0 spiro atoms. The Balaban J connectivity index is 0.00000484. The number of carbonyl (C=O) groups excluding carboxylic acids is 3. The maximum atomic E-state index is 13.2. The summed E-state index contributed by atoms with van der Waals surface area (Å²) in [6.45, 7) is 4.02. The van der Waals surface area contributed by atoms with Crippen molar-refractivity contribution in [1.29, 1.82) is 0 Å². The van der Waals surface area contributed by atoms with Gasteiger partial charge in [0.2, 0.25) is 0 Å². The fourth-order valence-electron chi connectivity index (χ4n) is 4.45. The van der Waals surface area contributed by atoms with E-state index in [9.17, 15) is 19.5 Å². The maximum Gasteiger partial charge on any atom is 1.00 e. The number of carbonyl (C=O) groups is 3. The standard InChI is InChI=1S/C33H33NO6S.Li/c1-21-6-4-5-7-27(21)29-18-23(8-14-28(29)32(36)34-30(33(37)38)16-17-41-3)19-39-20-26-13-15-31(40-26)25-11-9-24(10-12-25)22(2)35;/h4-15,18,30H,16-17,19-20H2,1-3H3,(H,34,36)(H,37,38);/q;+1/p-1/t30-;/m0./s1. The number of carboxylic acid groups (broad SMARTS) is 1. The number of amides is 1. The Hall–Kier alpha value is -3.54. The summed E-state index contributed by atoms with van der Waals surface area (Å²) in [7, 11) is 0. The van der Waals surface area contributed by atoms with E-state index >= 15 is 0 Å². The van der Waals surface area contributed by atoms with Gasteiger partial charge in [-0.15, -0.1) is 0 Å². The first kappa shape index (κ1) is 33.0. The van der Waals surface area contributed by atoms with Crippen molar-refractivity contribution in [3.63, 3.8) is 0 Å². The first-order valence-electron chi connectivity index (χ1n) is 13.2. The van der Waals surface area contributed by atoms with Gasteiger partial charge in [0.25, 0.3) is 5.91 Å². The van der Waals surface area contributed by atoms with Crippen molar-refractivity contribution in [2.24, 2.45) is 0 Å². The molecule has 4 aromatic rings. The van der Waals surface area contributed by atoms with E-state index in [4.69, 9.17) is 9.15 Å². The molecule has 0 bridgehead atoms. The van der Waals surface area contributed by atoms with E-state index in [1.165, 1.54) is 18.7 Å². The Morgan fingerprint density at radius 1 is 0.952 bits per heavy atom. The van der Waals surface area contributed by atoms with Gasteiger partial charge in [-0.3, -0.25) is 9.59 Å². The molecule has 1 N–H and O–H groups in total. The molecule has 1 heterocycles. The van der Waals surface area contributed by atoms with Gasteiger partial charge in [-0.1, -0.05) is 54.6 Å². The number of hydrogen-bond donors (Lipinski definition) is 1. The summed E-state index contributed by atoms with van der Waals surface area (Å²) in [6.07, 6.45) is 2.16.